The van der Waals surface area contributed by atoms with E-state index in [4.69, 9.17) is 4.74 Å². The second-order valence-electron chi connectivity index (χ2n) is 7.09. The highest BCUT2D eigenvalue weighted by Gasteiger charge is 2.25. The SMILES string of the molecule is CCC(=O)N1CCc2cc(C(=O)N(CC)CC(=O)Nc3cccc(OC)c3)ccc21. The summed E-state index contributed by atoms with van der Waals surface area (Å²) in [5.41, 5.74) is 2.99. The third kappa shape index (κ3) is 4.62. The second kappa shape index (κ2) is 9.43. The standard InChI is InChI=1S/C23H27N3O4/c1-4-22(28)26-12-11-16-13-17(9-10-20(16)26)23(29)25(5-2)15-21(27)24-18-7-6-8-19(14-18)30-3/h6-10,13-14H,4-5,11-12,15H2,1-3H3,(H,24,27). The fourth-order valence-corrected chi connectivity index (χ4v) is 3.57. The average Bonchev–Trinajstić information content (AvgIpc) is 3.19. The Balaban J connectivity index is 1.69. The number of carbonyl (C=O) groups is 3. The first-order valence-corrected chi connectivity index (χ1v) is 10.1. The Morgan fingerprint density at radius 2 is 1.93 bits per heavy atom. The Labute approximate surface area is 176 Å². The molecule has 0 unspecified atom stereocenters. The maximum atomic E-state index is 13.0. The van der Waals surface area contributed by atoms with Crippen LogP contribution in [0.3, 0.4) is 0 Å². The number of likely N-dealkylation sites (N-methyl/N-ethyl adjacent to an activating group) is 1. The number of benzene rings is 2. The molecule has 2 aromatic carbocycles. The Kier molecular flexibility index (Phi) is 6.72. The van der Waals surface area contributed by atoms with Gasteiger partial charge in [0.15, 0.2) is 0 Å². The number of nitrogens with one attached hydrogen (secondary N) is 1. The fraction of sp³-hybridized carbons (Fsp3) is 0.348. The molecule has 0 radical (unpaired) electrons. The normalized spacial score (nSPS) is 12.3. The highest BCUT2D eigenvalue weighted by molar-refractivity contribution is 6.01. The molecule has 1 heterocycles. The summed E-state index contributed by atoms with van der Waals surface area (Å²) in [6.07, 6.45) is 1.18. The van der Waals surface area contributed by atoms with Crippen molar-refractivity contribution in [3.8, 4) is 5.75 Å². The Morgan fingerprint density at radius 3 is 2.63 bits per heavy atom. The molecule has 30 heavy (non-hydrogen) atoms. The smallest absolute Gasteiger partial charge is 0.254 e. The maximum absolute atomic E-state index is 13.0. The van der Waals surface area contributed by atoms with Gasteiger partial charge in [0.2, 0.25) is 11.8 Å². The van der Waals surface area contributed by atoms with Crippen molar-refractivity contribution >= 4 is 29.1 Å². The molecule has 0 aromatic heterocycles. The molecule has 0 spiro atoms. The predicted molar refractivity (Wildman–Crippen MR) is 116 cm³/mol. The molecule has 0 aliphatic carbocycles. The molecule has 0 saturated carbocycles. The van der Waals surface area contributed by atoms with Gasteiger partial charge in [0, 0.05) is 42.5 Å². The molecular weight excluding hydrogens is 382 g/mol. The van der Waals surface area contributed by atoms with E-state index in [9.17, 15) is 14.4 Å². The van der Waals surface area contributed by atoms with Crippen molar-refractivity contribution in [3.05, 3.63) is 53.6 Å². The van der Waals surface area contributed by atoms with Gasteiger partial charge in [-0.25, -0.2) is 0 Å². The Morgan fingerprint density at radius 1 is 1.13 bits per heavy atom. The van der Waals surface area contributed by atoms with Crippen LogP contribution in [0.25, 0.3) is 0 Å². The van der Waals surface area contributed by atoms with Crippen LogP contribution < -0.4 is 15.0 Å². The number of carbonyl (C=O) groups excluding carboxylic acids is 3. The zero-order valence-corrected chi connectivity index (χ0v) is 17.6. The summed E-state index contributed by atoms with van der Waals surface area (Å²) in [5, 5.41) is 2.80. The lowest BCUT2D eigenvalue weighted by molar-refractivity contribution is -0.118. The van der Waals surface area contributed by atoms with Crippen molar-refractivity contribution in [3.63, 3.8) is 0 Å². The third-order valence-corrected chi connectivity index (χ3v) is 5.18. The molecule has 0 atom stereocenters. The van der Waals surface area contributed by atoms with Crippen molar-refractivity contribution < 1.29 is 19.1 Å². The summed E-state index contributed by atoms with van der Waals surface area (Å²) in [7, 11) is 1.56. The van der Waals surface area contributed by atoms with Crippen LogP contribution in [0.2, 0.25) is 0 Å². The van der Waals surface area contributed by atoms with Gasteiger partial charge in [0.05, 0.1) is 7.11 Å². The van der Waals surface area contributed by atoms with Gasteiger partial charge in [0.25, 0.3) is 5.91 Å². The molecular formula is C23H27N3O4. The van der Waals surface area contributed by atoms with Crippen molar-refractivity contribution in [2.24, 2.45) is 0 Å². The van der Waals surface area contributed by atoms with Crippen LogP contribution in [0, 0.1) is 0 Å². The van der Waals surface area contributed by atoms with Crippen molar-refractivity contribution in [1.29, 1.82) is 0 Å². The van der Waals surface area contributed by atoms with Gasteiger partial charge >= 0.3 is 0 Å². The number of ether oxygens (including phenoxy) is 1. The number of amides is 3. The summed E-state index contributed by atoms with van der Waals surface area (Å²) < 4.78 is 5.16. The summed E-state index contributed by atoms with van der Waals surface area (Å²) in [6.45, 7) is 4.67. The van der Waals surface area contributed by atoms with E-state index in [1.165, 1.54) is 4.90 Å². The Hall–Kier alpha value is -3.35. The van der Waals surface area contributed by atoms with E-state index in [2.05, 4.69) is 5.32 Å². The van der Waals surface area contributed by atoms with Crippen LogP contribution in [0.1, 0.15) is 36.2 Å². The number of nitrogens with zero attached hydrogens (tertiary/aromatic N) is 2. The highest BCUT2D eigenvalue weighted by atomic mass is 16.5. The predicted octanol–water partition coefficient (Wildman–Crippen LogP) is 3.10. The summed E-state index contributed by atoms with van der Waals surface area (Å²) in [4.78, 5) is 40.8. The third-order valence-electron chi connectivity index (χ3n) is 5.18. The molecule has 3 rings (SSSR count). The first-order chi connectivity index (χ1) is 14.5. The highest BCUT2D eigenvalue weighted by Crippen LogP contribution is 2.29. The van der Waals surface area contributed by atoms with Crippen LogP contribution in [0.5, 0.6) is 5.75 Å². The second-order valence-corrected chi connectivity index (χ2v) is 7.09. The number of hydrogen-bond acceptors (Lipinski definition) is 4. The van der Waals surface area contributed by atoms with Crippen molar-refractivity contribution in [1.82, 2.24) is 4.90 Å². The van der Waals surface area contributed by atoms with Crippen LogP contribution >= 0.6 is 0 Å². The lowest BCUT2D eigenvalue weighted by Crippen LogP contribution is -2.37. The van der Waals surface area contributed by atoms with E-state index in [1.54, 1.807) is 42.3 Å². The summed E-state index contributed by atoms with van der Waals surface area (Å²) >= 11 is 0. The molecule has 0 saturated heterocycles. The number of fused-ring (bicyclic) bond motifs is 1. The molecule has 1 aliphatic heterocycles. The minimum Gasteiger partial charge on any atom is -0.497 e. The molecule has 1 N–H and O–H groups in total. The molecule has 7 nitrogen and oxygen atoms in total. The number of anilines is 2. The monoisotopic (exact) mass is 409 g/mol. The van der Waals surface area contributed by atoms with Gasteiger partial charge in [-0.05, 0) is 49.2 Å². The lowest BCUT2D eigenvalue weighted by atomic mass is 10.1. The van der Waals surface area contributed by atoms with E-state index in [0.29, 0.717) is 36.5 Å². The van der Waals surface area contributed by atoms with E-state index in [-0.39, 0.29) is 24.3 Å². The molecule has 0 fully saturated rings. The van der Waals surface area contributed by atoms with Crippen molar-refractivity contribution in [2.45, 2.75) is 26.7 Å². The fourth-order valence-electron chi connectivity index (χ4n) is 3.57. The van der Waals surface area contributed by atoms with Gasteiger partial charge in [-0.15, -0.1) is 0 Å². The van der Waals surface area contributed by atoms with Gasteiger partial charge in [-0.3, -0.25) is 14.4 Å². The molecule has 0 bridgehead atoms. The maximum Gasteiger partial charge on any atom is 0.254 e. The molecule has 158 valence electrons. The average molecular weight is 409 g/mol. The van der Waals surface area contributed by atoms with Gasteiger partial charge in [0.1, 0.15) is 12.3 Å². The zero-order valence-electron chi connectivity index (χ0n) is 17.6. The minimum atomic E-state index is -0.278. The molecule has 3 amide bonds. The van der Waals surface area contributed by atoms with E-state index in [1.807, 2.05) is 26.0 Å². The summed E-state index contributed by atoms with van der Waals surface area (Å²) in [6, 6.07) is 12.5. The van der Waals surface area contributed by atoms with Crippen LogP contribution in [-0.4, -0.2) is 49.4 Å². The molecule has 2 aromatic rings. The number of hydrogen-bond donors (Lipinski definition) is 1. The van der Waals surface area contributed by atoms with Gasteiger partial charge < -0.3 is 19.9 Å². The van der Waals surface area contributed by atoms with Gasteiger partial charge in [-0.1, -0.05) is 13.0 Å². The Bertz CT molecular complexity index is 957. The van der Waals surface area contributed by atoms with E-state index in [0.717, 1.165) is 17.7 Å². The minimum absolute atomic E-state index is 0.0515. The number of methoxy groups -OCH3 is 1. The number of rotatable bonds is 7. The van der Waals surface area contributed by atoms with E-state index >= 15 is 0 Å². The zero-order chi connectivity index (χ0) is 21.7. The largest absolute Gasteiger partial charge is 0.497 e. The van der Waals surface area contributed by atoms with E-state index < -0.39 is 0 Å². The first-order valence-electron chi connectivity index (χ1n) is 10.1. The van der Waals surface area contributed by atoms with Gasteiger partial charge in [-0.2, -0.15) is 0 Å². The summed E-state index contributed by atoms with van der Waals surface area (Å²) in [5.74, 6) is 0.239. The topological polar surface area (TPSA) is 79.0 Å². The lowest BCUT2D eigenvalue weighted by Gasteiger charge is -2.21. The van der Waals surface area contributed by atoms with Crippen LogP contribution in [-0.2, 0) is 16.0 Å². The molecule has 7 heteroatoms. The first kappa shape index (κ1) is 21.4. The molecule has 1 aliphatic rings. The van der Waals surface area contributed by atoms with Crippen LogP contribution in [0.15, 0.2) is 42.5 Å². The van der Waals surface area contributed by atoms with Crippen molar-refractivity contribution in [2.75, 3.05) is 37.0 Å². The van der Waals surface area contributed by atoms with Crippen LogP contribution in [0.4, 0.5) is 11.4 Å². The quantitative estimate of drug-likeness (QED) is 0.762.